The van der Waals surface area contributed by atoms with Gasteiger partial charge in [-0.05, 0) is 29.0 Å². The number of halogens is 1. The molecule has 0 saturated heterocycles. The van der Waals surface area contributed by atoms with E-state index in [1.165, 1.54) is 5.56 Å². The van der Waals surface area contributed by atoms with Crippen LogP contribution in [0.3, 0.4) is 0 Å². The molecule has 0 spiro atoms. The zero-order valence-corrected chi connectivity index (χ0v) is 9.86. The lowest BCUT2D eigenvalue weighted by Crippen LogP contribution is -2.09. The maximum absolute atomic E-state index is 5.99. The highest BCUT2D eigenvalue weighted by atomic mass is 35.5. The lowest BCUT2D eigenvalue weighted by atomic mass is 9.88. The Balaban J connectivity index is 2.90. The van der Waals surface area contributed by atoms with E-state index in [0.29, 0.717) is 12.0 Å². The molecule has 0 bridgehead atoms. The quantitative estimate of drug-likeness (QED) is 0.798. The van der Waals surface area contributed by atoms with E-state index in [1.807, 2.05) is 6.07 Å². The van der Waals surface area contributed by atoms with Crippen molar-refractivity contribution in [2.75, 3.05) is 0 Å². The van der Waals surface area contributed by atoms with Gasteiger partial charge >= 0.3 is 0 Å². The molecular formula is C12H18ClN. The summed E-state index contributed by atoms with van der Waals surface area (Å²) in [6.07, 6.45) is 1.05. The van der Waals surface area contributed by atoms with Crippen LogP contribution in [0.5, 0.6) is 0 Å². The van der Waals surface area contributed by atoms with Gasteiger partial charge in [-0.2, -0.15) is 0 Å². The molecule has 14 heavy (non-hydrogen) atoms. The van der Waals surface area contributed by atoms with E-state index < -0.39 is 0 Å². The summed E-state index contributed by atoms with van der Waals surface area (Å²) in [6, 6.07) is 6.12. The molecule has 1 nitrogen and oxygen atoms in total. The number of hydrogen-bond acceptors (Lipinski definition) is 1. The smallest absolute Gasteiger partial charge is 0.0451 e. The third kappa shape index (κ3) is 3.32. The summed E-state index contributed by atoms with van der Waals surface area (Å²) in [5.74, 6) is 0. The fourth-order valence-electron chi connectivity index (χ4n) is 1.51. The number of hydrogen-bond donors (Lipinski definition) is 1. The normalized spacial score (nSPS) is 11.8. The van der Waals surface area contributed by atoms with Gasteiger partial charge in [-0.25, -0.2) is 0 Å². The summed E-state index contributed by atoms with van der Waals surface area (Å²) < 4.78 is 0. The molecule has 2 heteroatoms. The van der Waals surface area contributed by atoms with Crippen molar-refractivity contribution < 1.29 is 0 Å². The van der Waals surface area contributed by atoms with Crippen molar-refractivity contribution in [2.45, 2.75) is 33.7 Å². The van der Waals surface area contributed by atoms with Crippen LogP contribution in [0.15, 0.2) is 18.2 Å². The first-order valence-electron chi connectivity index (χ1n) is 4.90. The van der Waals surface area contributed by atoms with Gasteiger partial charge in [0.15, 0.2) is 0 Å². The van der Waals surface area contributed by atoms with Gasteiger partial charge in [-0.1, -0.05) is 44.5 Å². The first kappa shape index (κ1) is 11.5. The van der Waals surface area contributed by atoms with Crippen LogP contribution in [0.25, 0.3) is 0 Å². The van der Waals surface area contributed by atoms with Crippen LogP contribution in [-0.4, -0.2) is 0 Å². The van der Waals surface area contributed by atoms with Gasteiger partial charge in [0, 0.05) is 11.6 Å². The van der Waals surface area contributed by atoms with Crippen LogP contribution in [0.4, 0.5) is 0 Å². The van der Waals surface area contributed by atoms with E-state index in [-0.39, 0.29) is 0 Å². The summed E-state index contributed by atoms with van der Waals surface area (Å²) in [5, 5.41) is 0.769. The Hall–Kier alpha value is -0.530. The second kappa shape index (κ2) is 4.33. The van der Waals surface area contributed by atoms with Gasteiger partial charge in [0.25, 0.3) is 0 Å². The molecule has 0 aliphatic carbocycles. The van der Waals surface area contributed by atoms with Crippen LogP contribution in [0.1, 0.15) is 31.9 Å². The molecule has 0 radical (unpaired) electrons. The molecule has 0 aliphatic heterocycles. The Kier molecular flexibility index (Phi) is 3.57. The van der Waals surface area contributed by atoms with Crippen molar-refractivity contribution >= 4 is 11.6 Å². The standard InChI is InChI=1S/C12H18ClN/c1-12(2,3)7-9-4-5-11(13)10(6-9)8-14/h4-6H,7-8,14H2,1-3H3. The third-order valence-corrected chi connectivity index (χ3v) is 2.43. The minimum absolute atomic E-state index is 0.305. The second-order valence-corrected chi connectivity index (χ2v) is 5.27. The number of nitrogens with two attached hydrogens (primary N) is 1. The van der Waals surface area contributed by atoms with Gasteiger partial charge in [0.1, 0.15) is 0 Å². The monoisotopic (exact) mass is 211 g/mol. The van der Waals surface area contributed by atoms with E-state index in [0.717, 1.165) is 17.0 Å². The number of rotatable bonds is 2. The van der Waals surface area contributed by atoms with Gasteiger partial charge in [0.2, 0.25) is 0 Å². The Morgan fingerprint density at radius 1 is 1.29 bits per heavy atom. The molecule has 0 amide bonds. The first-order chi connectivity index (χ1) is 6.42. The molecule has 0 unspecified atom stereocenters. The SMILES string of the molecule is CC(C)(C)Cc1ccc(Cl)c(CN)c1. The largest absolute Gasteiger partial charge is 0.326 e. The molecule has 78 valence electrons. The van der Waals surface area contributed by atoms with Crippen molar-refractivity contribution in [3.05, 3.63) is 34.3 Å². The fraction of sp³-hybridized carbons (Fsp3) is 0.500. The van der Waals surface area contributed by atoms with Crippen molar-refractivity contribution in [2.24, 2.45) is 11.1 Å². The van der Waals surface area contributed by atoms with Crippen molar-refractivity contribution in [3.63, 3.8) is 0 Å². The molecule has 1 aromatic carbocycles. The van der Waals surface area contributed by atoms with E-state index in [4.69, 9.17) is 17.3 Å². The predicted octanol–water partition coefficient (Wildman–Crippen LogP) is 3.39. The summed E-state index contributed by atoms with van der Waals surface area (Å²) in [6.45, 7) is 7.19. The van der Waals surface area contributed by atoms with E-state index >= 15 is 0 Å². The number of benzene rings is 1. The lowest BCUT2D eigenvalue weighted by Gasteiger charge is -2.18. The summed E-state index contributed by atoms with van der Waals surface area (Å²) in [7, 11) is 0. The third-order valence-electron chi connectivity index (χ3n) is 2.06. The van der Waals surface area contributed by atoms with Crippen LogP contribution in [0.2, 0.25) is 5.02 Å². The minimum Gasteiger partial charge on any atom is -0.326 e. The lowest BCUT2D eigenvalue weighted by molar-refractivity contribution is 0.411. The molecule has 0 saturated carbocycles. The van der Waals surface area contributed by atoms with Gasteiger partial charge in [-0.15, -0.1) is 0 Å². The van der Waals surface area contributed by atoms with Crippen molar-refractivity contribution in [3.8, 4) is 0 Å². The average Bonchev–Trinajstić information content (AvgIpc) is 2.06. The summed E-state index contributed by atoms with van der Waals surface area (Å²) >= 11 is 5.99. The first-order valence-corrected chi connectivity index (χ1v) is 5.27. The topological polar surface area (TPSA) is 26.0 Å². The molecule has 0 aromatic heterocycles. The van der Waals surface area contributed by atoms with Crippen molar-refractivity contribution in [1.82, 2.24) is 0 Å². The Labute approximate surface area is 91.3 Å². The van der Waals surface area contributed by atoms with Gasteiger partial charge in [-0.3, -0.25) is 0 Å². The Morgan fingerprint density at radius 3 is 2.43 bits per heavy atom. The van der Waals surface area contributed by atoms with Gasteiger partial charge in [0.05, 0.1) is 0 Å². The molecule has 1 aromatic rings. The second-order valence-electron chi connectivity index (χ2n) is 4.87. The molecule has 0 heterocycles. The van der Waals surface area contributed by atoms with E-state index in [2.05, 4.69) is 32.9 Å². The highest BCUT2D eigenvalue weighted by molar-refractivity contribution is 6.31. The zero-order chi connectivity index (χ0) is 10.8. The van der Waals surface area contributed by atoms with Crippen molar-refractivity contribution in [1.29, 1.82) is 0 Å². The highest BCUT2D eigenvalue weighted by Gasteiger charge is 2.11. The molecule has 0 fully saturated rings. The molecule has 0 atom stereocenters. The Bertz CT molecular complexity index is 313. The van der Waals surface area contributed by atoms with E-state index in [1.54, 1.807) is 0 Å². The molecule has 2 N–H and O–H groups in total. The van der Waals surface area contributed by atoms with Crippen LogP contribution >= 0.6 is 11.6 Å². The maximum atomic E-state index is 5.99. The fourth-order valence-corrected chi connectivity index (χ4v) is 1.70. The molecule has 0 aliphatic rings. The maximum Gasteiger partial charge on any atom is 0.0451 e. The van der Waals surface area contributed by atoms with Crippen LogP contribution in [0, 0.1) is 5.41 Å². The van der Waals surface area contributed by atoms with Gasteiger partial charge < -0.3 is 5.73 Å². The van der Waals surface area contributed by atoms with Crippen LogP contribution < -0.4 is 5.73 Å². The molecular weight excluding hydrogens is 194 g/mol. The average molecular weight is 212 g/mol. The Morgan fingerprint density at radius 2 is 1.93 bits per heavy atom. The summed E-state index contributed by atoms with van der Waals surface area (Å²) in [4.78, 5) is 0. The minimum atomic E-state index is 0.305. The predicted molar refractivity (Wildman–Crippen MR) is 62.5 cm³/mol. The van der Waals surface area contributed by atoms with Crippen LogP contribution in [-0.2, 0) is 13.0 Å². The summed E-state index contributed by atoms with van der Waals surface area (Å²) in [5.41, 5.74) is 8.25. The highest BCUT2D eigenvalue weighted by Crippen LogP contribution is 2.24. The zero-order valence-electron chi connectivity index (χ0n) is 9.10. The van der Waals surface area contributed by atoms with E-state index in [9.17, 15) is 0 Å². The molecule has 1 rings (SSSR count).